The van der Waals surface area contributed by atoms with Crippen LogP contribution in [0.15, 0.2) is 29.8 Å². The first-order valence-electron chi connectivity index (χ1n) is 7.00. The quantitative estimate of drug-likeness (QED) is 0.825. The lowest BCUT2D eigenvalue weighted by atomic mass is 10.2. The fourth-order valence-corrected chi connectivity index (χ4v) is 3.40. The van der Waals surface area contributed by atoms with E-state index in [1.54, 1.807) is 28.6 Å². The average Bonchev–Trinajstić information content (AvgIpc) is 3.18. The maximum atomic E-state index is 12.9. The second-order valence-electron chi connectivity index (χ2n) is 5.07. The molecule has 3 rings (SSSR count). The molecule has 8 heteroatoms. The number of hydrogen-bond donors (Lipinski definition) is 0. The number of anilines is 1. The predicted octanol–water partition coefficient (Wildman–Crippen LogP) is 3.68. The first-order valence-corrected chi connectivity index (χ1v) is 8.64. The van der Waals surface area contributed by atoms with Crippen molar-refractivity contribution in [3.63, 3.8) is 0 Å². The van der Waals surface area contributed by atoms with Gasteiger partial charge < -0.3 is 4.90 Å². The molecule has 23 heavy (non-hydrogen) atoms. The van der Waals surface area contributed by atoms with Gasteiger partial charge in [0, 0.05) is 29.6 Å². The van der Waals surface area contributed by atoms with E-state index in [0.29, 0.717) is 33.7 Å². The zero-order chi connectivity index (χ0) is 16.4. The summed E-state index contributed by atoms with van der Waals surface area (Å²) in [6.07, 6.45) is 2.93. The molecule has 0 unspecified atom stereocenters. The average molecular weight is 370 g/mol. The van der Waals surface area contributed by atoms with Crippen molar-refractivity contribution < 1.29 is 9.59 Å². The number of benzene rings is 1. The van der Waals surface area contributed by atoms with Crippen molar-refractivity contribution in [3.8, 4) is 0 Å². The molecule has 1 aliphatic heterocycles. The molecule has 1 aliphatic rings. The van der Waals surface area contributed by atoms with Crippen molar-refractivity contribution in [2.75, 3.05) is 18.1 Å². The molecule has 1 fully saturated rings. The van der Waals surface area contributed by atoms with Crippen molar-refractivity contribution in [1.29, 1.82) is 0 Å². The number of halogens is 2. The van der Waals surface area contributed by atoms with Crippen molar-refractivity contribution in [2.24, 2.45) is 0 Å². The Morgan fingerprint density at radius 1 is 1.39 bits per heavy atom. The molecular formula is C15H13Cl2N3O2S. The number of carbonyl (C=O) groups excluding carboxylic acids is 2. The van der Waals surface area contributed by atoms with Gasteiger partial charge >= 0.3 is 0 Å². The third-order valence-electron chi connectivity index (χ3n) is 3.54. The number of hydrogen-bond acceptors (Lipinski definition) is 4. The highest BCUT2D eigenvalue weighted by Gasteiger charge is 2.28. The van der Waals surface area contributed by atoms with Crippen LogP contribution in [0.1, 0.15) is 23.2 Å². The number of thiazole rings is 1. The second kappa shape index (κ2) is 6.86. The lowest BCUT2D eigenvalue weighted by molar-refractivity contribution is -0.127. The number of rotatable bonds is 4. The largest absolute Gasteiger partial charge is 0.324 e. The molecule has 120 valence electrons. The Morgan fingerprint density at radius 3 is 2.87 bits per heavy atom. The Morgan fingerprint density at radius 2 is 2.22 bits per heavy atom. The Bertz CT molecular complexity index is 736. The minimum absolute atomic E-state index is 0.0385. The zero-order valence-electron chi connectivity index (χ0n) is 12.0. The van der Waals surface area contributed by atoms with Gasteiger partial charge in [-0.2, -0.15) is 0 Å². The van der Waals surface area contributed by atoms with Crippen LogP contribution in [0.25, 0.3) is 0 Å². The summed E-state index contributed by atoms with van der Waals surface area (Å²) in [7, 11) is 0. The smallest absolute Gasteiger partial charge is 0.263 e. The van der Waals surface area contributed by atoms with Crippen molar-refractivity contribution in [3.05, 3.63) is 45.4 Å². The van der Waals surface area contributed by atoms with Crippen LogP contribution in [0, 0.1) is 0 Å². The summed E-state index contributed by atoms with van der Waals surface area (Å²) in [5.74, 6) is -0.288. The van der Waals surface area contributed by atoms with Crippen LogP contribution >= 0.6 is 34.5 Å². The van der Waals surface area contributed by atoms with Gasteiger partial charge in [0.05, 0.1) is 10.6 Å². The SMILES string of the molecule is O=C1CCCN1CN(C(=O)c1cc(Cl)ccc1Cl)c1nccs1. The molecule has 0 spiro atoms. The van der Waals surface area contributed by atoms with Gasteiger partial charge in [0.2, 0.25) is 5.91 Å². The molecule has 2 amide bonds. The molecule has 2 heterocycles. The van der Waals surface area contributed by atoms with E-state index in [0.717, 1.165) is 6.42 Å². The third-order valence-corrected chi connectivity index (χ3v) is 4.90. The Kier molecular flexibility index (Phi) is 4.84. The molecule has 0 saturated carbocycles. The van der Waals surface area contributed by atoms with Crippen LogP contribution in [0.2, 0.25) is 10.0 Å². The van der Waals surface area contributed by atoms with Crippen LogP contribution in [0.4, 0.5) is 5.13 Å². The predicted molar refractivity (Wildman–Crippen MR) is 91.2 cm³/mol. The van der Waals surface area contributed by atoms with E-state index >= 15 is 0 Å². The lowest BCUT2D eigenvalue weighted by Crippen LogP contribution is -2.42. The Labute approximate surface area is 147 Å². The minimum atomic E-state index is -0.327. The van der Waals surface area contributed by atoms with Gasteiger partial charge in [-0.15, -0.1) is 11.3 Å². The molecule has 0 radical (unpaired) electrons. The van der Waals surface area contributed by atoms with Crippen LogP contribution in [0.5, 0.6) is 0 Å². The highest BCUT2D eigenvalue weighted by Crippen LogP contribution is 2.26. The first kappa shape index (κ1) is 16.2. The summed E-state index contributed by atoms with van der Waals surface area (Å²) in [6.45, 7) is 0.797. The zero-order valence-corrected chi connectivity index (χ0v) is 14.4. The van der Waals surface area contributed by atoms with Gasteiger partial charge in [-0.3, -0.25) is 14.5 Å². The summed E-state index contributed by atoms with van der Waals surface area (Å²) in [4.78, 5) is 32.1. The van der Waals surface area contributed by atoms with Crippen LogP contribution < -0.4 is 4.90 Å². The maximum absolute atomic E-state index is 12.9. The maximum Gasteiger partial charge on any atom is 0.263 e. The normalized spacial score (nSPS) is 14.3. The van der Waals surface area contributed by atoms with E-state index in [-0.39, 0.29) is 18.5 Å². The molecule has 0 bridgehead atoms. The summed E-state index contributed by atoms with van der Waals surface area (Å²) in [5.41, 5.74) is 0.293. The molecule has 1 aromatic carbocycles. The molecule has 0 N–H and O–H groups in total. The summed E-state index contributed by atoms with van der Waals surface area (Å²) in [6, 6.07) is 4.73. The van der Waals surface area contributed by atoms with Gasteiger partial charge in [-0.25, -0.2) is 4.98 Å². The fraction of sp³-hybridized carbons (Fsp3) is 0.267. The molecule has 0 aliphatic carbocycles. The molecule has 5 nitrogen and oxygen atoms in total. The van der Waals surface area contributed by atoms with Gasteiger partial charge in [0.25, 0.3) is 5.91 Å². The summed E-state index contributed by atoms with van der Waals surface area (Å²) in [5, 5.41) is 3.04. The first-order chi connectivity index (χ1) is 11.1. The molecule has 1 saturated heterocycles. The lowest BCUT2D eigenvalue weighted by Gasteiger charge is -2.26. The third kappa shape index (κ3) is 3.49. The van der Waals surface area contributed by atoms with E-state index in [4.69, 9.17) is 23.2 Å². The molecular weight excluding hydrogens is 357 g/mol. The van der Waals surface area contributed by atoms with E-state index in [9.17, 15) is 9.59 Å². The summed E-state index contributed by atoms with van der Waals surface area (Å²) >= 11 is 13.4. The van der Waals surface area contributed by atoms with Crippen molar-refractivity contribution in [2.45, 2.75) is 12.8 Å². The summed E-state index contributed by atoms with van der Waals surface area (Å²) < 4.78 is 0. The Hall–Kier alpha value is -1.63. The van der Waals surface area contributed by atoms with Crippen LogP contribution in [-0.4, -0.2) is 34.9 Å². The molecule has 1 aromatic heterocycles. The second-order valence-corrected chi connectivity index (χ2v) is 6.79. The minimum Gasteiger partial charge on any atom is -0.324 e. The van der Waals surface area contributed by atoms with E-state index in [2.05, 4.69) is 4.98 Å². The van der Waals surface area contributed by atoms with Gasteiger partial charge in [0.1, 0.15) is 6.67 Å². The topological polar surface area (TPSA) is 53.5 Å². The van der Waals surface area contributed by atoms with Crippen LogP contribution in [-0.2, 0) is 4.79 Å². The van der Waals surface area contributed by atoms with E-state index < -0.39 is 0 Å². The monoisotopic (exact) mass is 369 g/mol. The highest BCUT2D eigenvalue weighted by atomic mass is 35.5. The number of nitrogens with zero attached hydrogens (tertiary/aromatic N) is 3. The van der Waals surface area contributed by atoms with E-state index in [1.807, 2.05) is 0 Å². The number of likely N-dealkylation sites (tertiary alicyclic amines) is 1. The van der Waals surface area contributed by atoms with Gasteiger partial charge in [0.15, 0.2) is 5.13 Å². The van der Waals surface area contributed by atoms with Crippen LogP contribution in [0.3, 0.4) is 0 Å². The van der Waals surface area contributed by atoms with Crippen molar-refractivity contribution >= 4 is 51.5 Å². The number of carbonyl (C=O) groups is 2. The number of aromatic nitrogens is 1. The highest BCUT2D eigenvalue weighted by molar-refractivity contribution is 7.13. The molecule has 0 atom stereocenters. The number of amides is 2. The van der Waals surface area contributed by atoms with Gasteiger partial charge in [-0.05, 0) is 24.6 Å². The standard InChI is InChI=1S/C15H13Cl2N3O2S/c16-10-3-4-12(17)11(8-10)14(22)20(15-18-5-7-23-15)9-19-6-1-2-13(19)21/h3-5,7-8H,1-2,6,9H2. The Balaban J connectivity index is 1.93. The fourth-order valence-electron chi connectivity index (χ4n) is 2.39. The van der Waals surface area contributed by atoms with Gasteiger partial charge in [-0.1, -0.05) is 23.2 Å². The van der Waals surface area contributed by atoms with Crippen molar-refractivity contribution in [1.82, 2.24) is 9.88 Å². The van der Waals surface area contributed by atoms with E-state index in [1.165, 1.54) is 22.3 Å². The molecule has 2 aromatic rings.